The Morgan fingerprint density at radius 3 is 2.74 bits per heavy atom. The van der Waals surface area contributed by atoms with Crippen molar-refractivity contribution in [3.05, 3.63) is 59.0 Å². The lowest BCUT2D eigenvalue weighted by Crippen LogP contribution is -2.38. The summed E-state index contributed by atoms with van der Waals surface area (Å²) in [4.78, 5) is 32.1. The van der Waals surface area contributed by atoms with Gasteiger partial charge in [-0.05, 0) is 55.3 Å². The highest BCUT2D eigenvalue weighted by atomic mass is 35.5. The van der Waals surface area contributed by atoms with E-state index in [2.05, 4.69) is 15.0 Å². The fourth-order valence-corrected chi connectivity index (χ4v) is 5.54. The van der Waals surface area contributed by atoms with Gasteiger partial charge in [0.05, 0.1) is 41.7 Å². The number of nitrogens with zero attached hydrogens (tertiary/aromatic N) is 5. The lowest BCUT2D eigenvalue weighted by atomic mass is 10.1. The van der Waals surface area contributed by atoms with Gasteiger partial charge < -0.3 is 18.9 Å². The Bertz CT molecular complexity index is 1740. The lowest BCUT2D eigenvalue weighted by Gasteiger charge is -2.28. The molecule has 1 aliphatic rings. The number of carbonyl (C=O) groups is 1. The second kappa shape index (κ2) is 9.83. The Kier molecular flexibility index (Phi) is 6.32. The Labute approximate surface area is 232 Å². The van der Waals surface area contributed by atoms with E-state index in [4.69, 9.17) is 35.5 Å². The van der Waals surface area contributed by atoms with E-state index >= 15 is 0 Å². The number of aromatic nitrogens is 4. The van der Waals surface area contributed by atoms with E-state index < -0.39 is 12.4 Å². The minimum absolute atomic E-state index is 0.0233. The molecule has 198 valence electrons. The molecule has 12 heteroatoms. The number of pyridine rings is 1. The van der Waals surface area contributed by atoms with Crippen molar-refractivity contribution in [3.63, 3.8) is 0 Å². The molecule has 1 unspecified atom stereocenters. The molecule has 6 rings (SSSR count). The molecule has 0 spiro atoms. The maximum atomic E-state index is 12.7. The molecule has 0 saturated heterocycles. The van der Waals surface area contributed by atoms with E-state index in [9.17, 15) is 4.79 Å². The molecule has 1 amide bonds. The molecule has 2 aromatic carbocycles. The number of ether oxygens (including phenoxy) is 4. The van der Waals surface area contributed by atoms with Crippen molar-refractivity contribution in [1.82, 2.24) is 19.9 Å². The van der Waals surface area contributed by atoms with Crippen LogP contribution < -0.4 is 19.1 Å². The van der Waals surface area contributed by atoms with Crippen LogP contribution in [0.2, 0.25) is 5.15 Å². The summed E-state index contributed by atoms with van der Waals surface area (Å²) in [6.45, 7) is 3.98. The van der Waals surface area contributed by atoms with Crippen LogP contribution in [0.5, 0.6) is 17.4 Å². The van der Waals surface area contributed by atoms with Crippen molar-refractivity contribution in [2.24, 2.45) is 0 Å². The quantitative estimate of drug-likeness (QED) is 0.245. The molecule has 0 saturated carbocycles. The molecule has 3 aromatic heterocycles. The standard InChI is InChI=1S/C27H22ClN5O5S/c1-13-7-16(23-17(8-13)31-20(35-4)11-30-23)26-32-22-14(2)9-18-24(25(22)39-26)36-12-21(37-18)38-27(34)33(3)15-5-6-19(28)29-10-15/h5-11,21H,12H2,1-4H3. The van der Waals surface area contributed by atoms with Gasteiger partial charge in [0.25, 0.3) is 6.29 Å². The average molecular weight is 564 g/mol. The fourth-order valence-electron chi connectivity index (χ4n) is 4.28. The minimum Gasteiger partial charge on any atom is -0.480 e. The second-order valence-corrected chi connectivity index (χ2v) is 10.3. The third-order valence-electron chi connectivity index (χ3n) is 6.21. The van der Waals surface area contributed by atoms with Crippen LogP contribution in [0.15, 0.2) is 42.7 Å². The third kappa shape index (κ3) is 4.64. The number of rotatable bonds is 4. The van der Waals surface area contributed by atoms with E-state index in [0.29, 0.717) is 28.2 Å². The molecule has 0 radical (unpaired) electrons. The number of thiazole rings is 1. The molecule has 5 aromatic rings. The number of anilines is 1. The molecule has 10 nitrogen and oxygen atoms in total. The normalized spacial score (nSPS) is 14.4. The smallest absolute Gasteiger partial charge is 0.417 e. The Morgan fingerprint density at radius 2 is 1.97 bits per heavy atom. The molecule has 1 aliphatic heterocycles. The monoisotopic (exact) mass is 563 g/mol. The molecule has 0 aliphatic carbocycles. The van der Waals surface area contributed by atoms with Gasteiger partial charge in [-0.1, -0.05) is 11.6 Å². The summed E-state index contributed by atoms with van der Waals surface area (Å²) in [7, 11) is 3.14. The molecule has 1 atom stereocenters. The summed E-state index contributed by atoms with van der Waals surface area (Å²) >= 11 is 7.32. The molecule has 0 N–H and O–H groups in total. The zero-order valence-corrected chi connectivity index (χ0v) is 23.0. The summed E-state index contributed by atoms with van der Waals surface area (Å²) in [5.74, 6) is 1.49. The number of aryl methyl sites for hydroxylation is 2. The van der Waals surface area contributed by atoms with E-state index in [-0.39, 0.29) is 6.61 Å². The lowest BCUT2D eigenvalue weighted by molar-refractivity contribution is -0.0718. The van der Waals surface area contributed by atoms with Gasteiger partial charge >= 0.3 is 6.09 Å². The summed E-state index contributed by atoms with van der Waals surface area (Å²) in [6, 6.07) is 9.12. The van der Waals surface area contributed by atoms with Crippen molar-refractivity contribution < 1.29 is 23.7 Å². The summed E-state index contributed by atoms with van der Waals surface area (Å²) in [5, 5.41) is 1.11. The number of fused-ring (bicyclic) bond motifs is 4. The van der Waals surface area contributed by atoms with Crippen molar-refractivity contribution in [1.29, 1.82) is 0 Å². The third-order valence-corrected chi connectivity index (χ3v) is 7.53. The highest BCUT2D eigenvalue weighted by Crippen LogP contribution is 2.46. The van der Waals surface area contributed by atoms with E-state index in [0.717, 1.165) is 42.9 Å². The highest BCUT2D eigenvalue weighted by Gasteiger charge is 2.30. The van der Waals surface area contributed by atoms with Gasteiger partial charge in [-0.15, -0.1) is 11.3 Å². The van der Waals surface area contributed by atoms with Crippen molar-refractivity contribution in [3.8, 4) is 28.0 Å². The maximum absolute atomic E-state index is 12.7. The molecule has 0 bridgehead atoms. The topological polar surface area (TPSA) is 109 Å². The van der Waals surface area contributed by atoms with Crippen molar-refractivity contribution in [2.45, 2.75) is 20.1 Å². The predicted octanol–water partition coefficient (Wildman–Crippen LogP) is 5.95. The van der Waals surface area contributed by atoms with E-state index in [1.54, 1.807) is 32.5 Å². The fraction of sp³-hybridized carbons (Fsp3) is 0.222. The molecule has 0 fully saturated rings. The number of hydrogen-bond acceptors (Lipinski definition) is 10. The van der Waals surface area contributed by atoms with Gasteiger partial charge in [0.1, 0.15) is 14.9 Å². The van der Waals surface area contributed by atoms with Crippen LogP contribution in [0.4, 0.5) is 10.5 Å². The summed E-state index contributed by atoms with van der Waals surface area (Å²) in [5.41, 5.74) is 5.60. The number of hydrogen-bond donors (Lipinski definition) is 0. The summed E-state index contributed by atoms with van der Waals surface area (Å²) < 4.78 is 23.7. The minimum atomic E-state index is -0.928. The average Bonchev–Trinajstić information content (AvgIpc) is 3.38. The van der Waals surface area contributed by atoms with Crippen LogP contribution >= 0.6 is 22.9 Å². The van der Waals surface area contributed by atoms with Gasteiger partial charge in [-0.25, -0.2) is 24.7 Å². The number of benzene rings is 2. The SMILES string of the molecule is COc1cnc2c(-c3nc4c(C)cc5c(c4s3)OCC(OC(=O)N(C)c3ccc(Cl)nc3)O5)cc(C)cc2n1. The zero-order valence-electron chi connectivity index (χ0n) is 21.4. The Hall–Kier alpha value is -4.22. The maximum Gasteiger partial charge on any atom is 0.417 e. The summed E-state index contributed by atoms with van der Waals surface area (Å²) in [6.07, 6.45) is 1.54. The van der Waals surface area contributed by atoms with Crippen LogP contribution in [-0.4, -0.2) is 53.1 Å². The Balaban J connectivity index is 1.30. The van der Waals surface area contributed by atoms with Crippen molar-refractivity contribution in [2.75, 3.05) is 25.7 Å². The van der Waals surface area contributed by atoms with Gasteiger partial charge in [-0.3, -0.25) is 4.90 Å². The molecular weight excluding hydrogens is 542 g/mol. The van der Waals surface area contributed by atoms with Gasteiger partial charge in [-0.2, -0.15) is 0 Å². The molecule has 39 heavy (non-hydrogen) atoms. The number of methoxy groups -OCH3 is 1. The molecule has 4 heterocycles. The first-order chi connectivity index (χ1) is 18.8. The molecular formula is C27H22ClN5O5S. The van der Waals surface area contributed by atoms with Gasteiger partial charge in [0, 0.05) is 12.6 Å². The number of halogens is 1. The zero-order chi connectivity index (χ0) is 27.3. The van der Waals surface area contributed by atoms with Crippen LogP contribution in [0.25, 0.3) is 31.8 Å². The van der Waals surface area contributed by atoms with Gasteiger partial charge in [0.15, 0.2) is 18.1 Å². The first-order valence-electron chi connectivity index (χ1n) is 11.9. The second-order valence-electron chi connectivity index (χ2n) is 8.95. The largest absolute Gasteiger partial charge is 0.480 e. The van der Waals surface area contributed by atoms with Crippen LogP contribution in [0, 0.1) is 13.8 Å². The van der Waals surface area contributed by atoms with Gasteiger partial charge in [0.2, 0.25) is 5.88 Å². The van der Waals surface area contributed by atoms with Crippen LogP contribution in [0.1, 0.15) is 11.1 Å². The Morgan fingerprint density at radius 1 is 1.13 bits per heavy atom. The van der Waals surface area contributed by atoms with Crippen LogP contribution in [0.3, 0.4) is 0 Å². The van der Waals surface area contributed by atoms with Crippen LogP contribution in [-0.2, 0) is 4.74 Å². The number of amides is 1. The first-order valence-corrected chi connectivity index (χ1v) is 13.1. The van der Waals surface area contributed by atoms with Crippen molar-refractivity contribution >= 4 is 56.0 Å². The number of carbonyl (C=O) groups excluding carboxylic acids is 1. The van der Waals surface area contributed by atoms with E-state index in [1.807, 2.05) is 32.0 Å². The van der Waals surface area contributed by atoms with E-state index in [1.165, 1.54) is 22.4 Å². The predicted molar refractivity (Wildman–Crippen MR) is 148 cm³/mol. The highest BCUT2D eigenvalue weighted by molar-refractivity contribution is 7.22. The first kappa shape index (κ1) is 25.1.